The summed E-state index contributed by atoms with van der Waals surface area (Å²) < 4.78 is 0. The summed E-state index contributed by atoms with van der Waals surface area (Å²) in [6, 6.07) is 0. The van der Waals surface area contributed by atoms with Gasteiger partial charge in [-0.1, -0.05) is 0 Å². The maximum absolute atomic E-state index is 7.27. The molecule has 0 aliphatic heterocycles. The Morgan fingerprint density at radius 2 is 2.00 bits per heavy atom. The summed E-state index contributed by atoms with van der Waals surface area (Å²) in [7, 11) is 2.81. The third kappa shape index (κ3) is 13.6. The van der Waals surface area contributed by atoms with Gasteiger partial charge in [-0.15, -0.1) is 0 Å². The quantitative estimate of drug-likeness (QED) is 0.212. The van der Waals surface area contributed by atoms with Crippen LogP contribution in [-0.2, 0) is 32.7 Å². The Kier molecular flexibility index (Phi) is 15.9. The molecule has 0 aliphatic rings. The summed E-state index contributed by atoms with van der Waals surface area (Å²) in [5.74, 6) is 0. The van der Waals surface area contributed by atoms with E-state index in [9.17, 15) is 0 Å². The van der Waals surface area contributed by atoms with Gasteiger partial charge in [-0.05, 0) is 10.4 Å². The maximum Gasteiger partial charge on any atom is 0 e. The monoisotopic (exact) mass is 145 g/mol. The van der Waals surface area contributed by atoms with Gasteiger partial charge in [0.25, 0.3) is 0 Å². The van der Waals surface area contributed by atoms with Gasteiger partial charge >= 0.3 is 0 Å². The van der Waals surface area contributed by atoms with Crippen molar-refractivity contribution in [2.24, 2.45) is 5.11 Å². The van der Waals surface area contributed by atoms with Gasteiger partial charge < -0.3 is 7.05 Å². The van der Waals surface area contributed by atoms with Crippen LogP contribution in [-0.4, -0.2) is 0 Å². The molecule has 0 bridgehead atoms. The van der Waals surface area contributed by atoms with Crippen LogP contribution in [0, 0.1) is 7.05 Å². The average molecular weight is 145 g/mol. The van der Waals surface area contributed by atoms with Gasteiger partial charge in [0.1, 0.15) is 0 Å². The summed E-state index contributed by atoms with van der Waals surface area (Å²) in [5, 5.41) is 2.67. The molecule has 0 saturated heterocycles. The molecule has 0 unspecified atom stereocenters. The van der Waals surface area contributed by atoms with E-state index in [2.05, 4.69) is 17.1 Å². The normalized spacial score (nSPS) is 3.20. The topological polar surface area (TPSA) is 48.8 Å². The summed E-state index contributed by atoms with van der Waals surface area (Å²) in [5.41, 5.74) is 7.27. The Morgan fingerprint density at radius 3 is 2.00 bits per heavy atom. The Labute approximate surface area is 55.3 Å². The number of hydrogen-bond acceptors (Lipinski definition) is 1. The van der Waals surface area contributed by atoms with Crippen molar-refractivity contribution in [3.05, 3.63) is 17.5 Å². The molecule has 0 spiro atoms. The van der Waals surface area contributed by atoms with E-state index in [1.165, 1.54) is 0 Å². The van der Waals surface area contributed by atoms with Crippen molar-refractivity contribution < 1.29 is 32.7 Å². The number of hydrogen-bond donors (Lipinski definition) is 0. The Hall–Kier alpha value is 0.284. The molecule has 0 saturated carbocycles. The molecule has 0 heterocycles. The van der Waals surface area contributed by atoms with Crippen molar-refractivity contribution in [3.8, 4) is 0 Å². The van der Waals surface area contributed by atoms with Crippen LogP contribution >= 0.6 is 0 Å². The summed E-state index contributed by atoms with van der Waals surface area (Å²) in [6.07, 6.45) is 0. The molecule has 0 aliphatic carbocycles. The summed E-state index contributed by atoms with van der Waals surface area (Å²) >= 11 is 0. The molecule has 3 nitrogen and oxygen atoms in total. The molecule has 0 atom stereocenters. The van der Waals surface area contributed by atoms with Crippen molar-refractivity contribution >= 4 is 0 Å². The third-order valence-corrected chi connectivity index (χ3v) is 0.0632. The van der Waals surface area contributed by atoms with Crippen LogP contribution in [0.4, 0.5) is 0 Å². The first kappa shape index (κ1) is 8.99. The van der Waals surface area contributed by atoms with Gasteiger partial charge in [0, 0.05) is 32.7 Å². The van der Waals surface area contributed by atoms with Crippen LogP contribution in [0.25, 0.3) is 10.4 Å². The fraction of sp³-hybridized carbons (Fsp3) is 0. The molecular formula is CH2N3Y-. The van der Waals surface area contributed by atoms with E-state index in [1.807, 2.05) is 0 Å². The van der Waals surface area contributed by atoms with Crippen molar-refractivity contribution in [1.82, 2.24) is 0 Å². The van der Waals surface area contributed by atoms with E-state index in [0.717, 1.165) is 0 Å². The van der Waals surface area contributed by atoms with Gasteiger partial charge in [0.05, 0.1) is 0 Å². The predicted molar refractivity (Wildman–Crippen MR) is 14.5 cm³/mol. The third-order valence-electron chi connectivity index (χ3n) is 0.0632. The molecular weight excluding hydrogens is 143 g/mol. The first-order valence-electron chi connectivity index (χ1n) is 0.716. The van der Waals surface area contributed by atoms with Crippen LogP contribution in [0.15, 0.2) is 5.11 Å². The minimum Gasteiger partial charge on any atom is -0.331 e. The summed E-state index contributed by atoms with van der Waals surface area (Å²) in [6.45, 7) is 0. The Morgan fingerprint density at radius 1 is 1.80 bits per heavy atom. The smallest absolute Gasteiger partial charge is 0 e. The van der Waals surface area contributed by atoms with E-state index in [4.69, 9.17) is 5.53 Å². The van der Waals surface area contributed by atoms with Gasteiger partial charge in [-0.2, -0.15) is 0 Å². The molecule has 0 fully saturated rings. The van der Waals surface area contributed by atoms with E-state index in [0.29, 0.717) is 0 Å². The molecule has 0 aromatic carbocycles. The van der Waals surface area contributed by atoms with E-state index < -0.39 is 0 Å². The fourth-order valence-electron chi connectivity index (χ4n) is 0. The molecule has 0 N–H and O–H groups in total. The predicted octanol–water partition coefficient (Wildman–Crippen LogP) is 1.09. The van der Waals surface area contributed by atoms with Gasteiger partial charge in [0.2, 0.25) is 0 Å². The summed E-state index contributed by atoms with van der Waals surface area (Å²) in [4.78, 5) is 2.25. The van der Waals surface area contributed by atoms with Crippen molar-refractivity contribution in [1.29, 1.82) is 0 Å². The molecule has 0 rings (SSSR count). The van der Waals surface area contributed by atoms with Crippen LogP contribution < -0.4 is 0 Å². The Bertz CT molecular complexity index is 44.9. The maximum atomic E-state index is 7.27. The number of rotatable bonds is 0. The minimum atomic E-state index is 0. The number of azide groups is 1. The second-order valence-electron chi connectivity index (χ2n) is 0.231. The van der Waals surface area contributed by atoms with Gasteiger partial charge in [0.15, 0.2) is 0 Å². The second kappa shape index (κ2) is 8.86. The molecule has 1 radical (unpaired) electrons. The first-order valence-corrected chi connectivity index (χ1v) is 0.716. The molecule has 0 aromatic rings. The first-order chi connectivity index (χ1) is 1.91. The largest absolute Gasteiger partial charge is 0.331 e. The van der Waals surface area contributed by atoms with E-state index in [1.54, 1.807) is 0 Å². The van der Waals surface area contributed by atoms with Crippen molar-refractivity contribution in [2.45, 2.75) is 0 Å². The standard InChI is InChI=1S/CH2N3.Y/c1-3-4-2;/h1H2;/q-1;. The van der Waals surface area contributed by atoms with Crippen LogP contribution in [0.3, 0.4) is 0 Å². The zero-order chi connectivity index (χ0) is 3.41. The number of nitrogens with zero attached hydrogens (tertiary/aromatic N) is 3. The molecule has 0 aromatic heterocycles. The molecule has 4 heteroatoms. The van der Waals surface area contributed by atoms with E-state index >= 15 is 0 Å². The molecule has 0 amide bonds. The molecule has 5 heavy (non-hydrogen) atoms. The van der Waals surface area contributed by atoms with E-state index in [-0.39, 0.29) is 32.7 Å². The zero-order valence-corrected chi connectivity index (χ0v) is 5.46. The zero-order valence-electron chi connectivity index (χ0n) is 2.63. The fourth-order valence-corrected chi connectivity index (χ4v) is 0. The molecule has 25 valence electrons. The Balaban J connectivity index is 0. The average Bonchev–Trinajstić information content (AvgIpc) is 1.37. The van der Waals surface area contributed by atoms with Gasteiger partial charge in [-0.25, -0.2) is 0 Å². The van der Waals surface area contributed by atoms with Crippen molar-refractivity contribution in [2.75, 3.05) is 0 Å². The van der Waals surface area contributed by atoms with Crippen LogP contribution in [0.2, 0.25) is 0 Å². The second-order valence-corrected chi connectivity index (χ2v) is 0.231. The van der Waals surface area contributed by atoms with Crippen molar-refractivity contribution in [3.63, 3.8) is 0 Å². The van der Waals surface area contributed by atoms with Gasteiger partial charge in [-0.3, -0.25) is 5.11 Å². The minimum absolute atomic E-state index is 0. The SMILES string of the molecule is [CH2-]N=[N+]=[N-].[Y]. The van der Waals surface area contributed by atoms with Crippen LogP contribution in [0.5, 0.6) is 0 Å². The van der Waals surface area contributed by atoms with Crippen LogP contribution in [0.1, 0.15) is 0 Å².